The van der Waals surface area contributed by atoms with Crippen LogP contribution in [0.1, 0.15) is 51.4 Å². The molecule has 1 atom stereocenters. The van der Waals surface area contributed by atoms with Gasteiger partial charge in [0.15, 0.2) is 0 Å². The number of amides is 1. The van der Waals surface area contributed by atoms with Gasteiger partial charge in [-0.05, 0) is 49.3 Å². The van der Waals surface area contributed by atoms with Crippen LogP contribution in [-0.4, -0.2) is 18.5 Å². The molecule has 1 N–H and O–H groups in total. The van der Waals surface area contributed by atoms with Gasteiger partial charge < -0.3 is 10.1 Å². The number of benzene rings is 1. The lowest BCUT2D eigenvalue weighted by molar-refractivity contribution is 0.0528. The number of carbonyl (C=O) groups is 2. The number of thiophene rings is 2. The van der Waals surface area contributed by atoms with Crippen LogP contribution in [0.3, 0.4) is 0 Å². The van der Waals surface area contributed by atoms with Crippen LogP contribution in [0.5, 0.6) is 0 Å². The highest BCUT2D eigenvalue weighted by molar-refractivity contribution is 7.20. The van der Waals surface area contributed by atoms with E-state index in [9.17, 15) is 9.59 Å². The van der Waals surface area contributed by atoms with Gasteiger partial charge in [-0.15, -0.1) is 22.7 Å². The monoisotopic (exact) mass is 425 g/mol. The van der Waals surface area contributed by atoms with Gasteiger partial charge >= 0.3 is 5.97 Å². The summed E-state index contributed by atoms with van der Waals surface area (Å²) in [6.45, 7) is 4.32. The molecule has 1 aliphatic rings. The van der Waals surface area contributed by atoms with Gasteiger partial charge in [0, 0.05) is 15.1 Å². The van der Waals surface area contributed by atoms with E-state index in [2.05, 4.69) is 12.2 Å². The standard InChI is InChI=1S/C23H23NO3S2/c1-3-27-23(26)17-12-19(15-7-5-4-6-8-15)29-22(17)24-21(25)18-13-28-20-11-14(2)9-10-16(18)20/h4-8,12-14H,3,9-11H2,1-2H3,(H,24,25)/t14-/m0/s1. The van der Waals surface area contributed by atoms with Crippen LogP contribution < -0.4 is 5.32 Å². The third kappa shape index (κ3) is 4.14. The summed E-state index contributed by atoms with van der Waals surface area (Å²) >= 11 is 3.07. The van der Waals surface area contributed by atoms with Crippen LogP contribution in [0.4, 0.5) is 5.00 Å². The SMILES string of the molecule is CCOC(=O)c1cc(-c2ccccc2)sc1NC(=O)c1csc2c1CC[C@H](C)C2. The minimum absolute atomic E-state index is 0.149. The van der Waals surface area contributed by atoms with Crippen molar-refractivity contribution in [1.82, 2.24) is 0 Å². The van der Waals surface area contributed by atoms with Crippen LogP contribution in [0.2, 0.25) is 0 Å². The molecular weight excluding hydrogens is 402 g/mol. The van der Waals surface area contributed by atoms with Crippen LogP contribution >= 0.6 is 22.7 Å². The van der Waals surface area contributed by atoms with Gasteiger partial charge in [0.05, 0.1) is 17.7 Å². The zero-order valence-corrected chi connectivity index (χ0v) is 18.1. The Hall–Kier alpha value is -2.44. The van der Waals surface area contributed by atoms with Gasteiger partial charge in [0.1, 0.15) is 5.00 Å². The first kappa shape index (κ1) is 19.9. The van der Waals surface area contributed by atoms with E-state index in [1.165, 1.54) is 21.8 Å². The van der Waals surface area contributed by atoms with Crippen molar-refractivity contribution < 1.29 is 14.3 Å². The topological polar surface area (TPSA) is 55.4 Å². The summed E-state index contributed by atoms with van der Waals surface area (Å²) in [6.07, 6.45) is 3.08. The zero-order valence-electron chi connectivity index (χ0n) is 16.5. The fourth-order valence-electron chi connectivity index (χ4n) is 3.63. The molecule has 1 amide bonds. The normalized spacial score (nSPS) is 15.6. The highest BCUT2D eigenvalue weighted by atomic mass is 32.1. The number of nitrogens with one attached hydrogen (secondary N) is 1. The lowest BCUT2D eigenvalue weighted by Gasteiger charge is -2.18. The maximum absolute atomic E-state index is 13.1. The number of esters is 1. The highest BCUT2D eigenvalue weighted by Crippen LogP contribution is 2.37. The molecule has 2 aromatic heterocycles. The minimum Gasteiger partial charge on any atom is -0.462 e. The van der Waals surface area contributed by atoms with Crippen molar-refractivity contribution in [1.29, 1.82) is 0 Å². The molecule has 0 saturated heterocycles. The van der Waals surface area contributed by atoms with Crippen molar-refractivity contribution in [2.75, 3.05) is 11.9 Å². The maximum atomic E-state index is 13.1. The van der Waals surface area contributed by atoms with Gasteiger partial charge in [-0.1, -0.05) is 37.3 Å². The van der Waals surface area contributed by atoms with E-state index in [-0.39, 0.29) is 5.91 Å². The fourth-order valence-corrected chi connectivity index (χ4v) is 5.92. The molecule has 150 valence electrons. The molecular formula is C23H23NO3S2. The predicted octanol–water partition coefficient (Wildman–Crippen LogP) is 6.03. The Labute approximate surface area is 178 Å². The van der Waals surface area contributed by atoms with E-state index >= 15 is 0 Å². The average molecular weight is 426 g/mol. The minimum atomic E-state index is -0.414. The molecule has 6 heteroatoms. The Balaban J connectivity index is 1.64. The Bertz CT molecular complexity index is 1040. The number of ether oxygens (including phenoxy) is 1. The smallest absolute Gasteiger partial charge is 0.341 e. The second-order valence-corrected chi connectivity index (χ2v) is 9.31. The van der Waals surface area contributed by atoms with Crippen LogP contribution in [0.15, 0.2) is 41.8 Å². The van der Waals surface area contributed by atoms with Crippen molar-refractivity contribution in [2.24, 2.45) is 5.92 Å². The second kappa shape index (κ2) is 8.51. The molecule has 0 saturated carbocycles. The Morgan fingerprint density at radius 1 is 1.21 bits per heavy atom. The summed E-state index contributed by atoms with van der Waals surface area (Å²) in [7, 11) is 0. The summed E-state index contributed by atoms with van der Waals surface area (Å²) in [6, 6.07) is 11.6. The molecule has 4 rings (SSSR count). The number of hydrogen-bond donors (Lipinski definition) is 1. The molecule has 2 heterocycles. The largest absolute Gasteiger partial charge is 0.462 e. The van der Waals surface area contributed by atoms with E-state index in [1.54, 1.807) is 24.3 Å². The van der Waals surface area contributed by atoms with Crippen LogP contribution in [0, 0.1) is 5.92 Å². The predicted molar refractivity (Wildman–Crippen MR) is 119 cm³/mol. The maximum Gasteiger partial charge on any atom is 0.341 e. The number of rotatable bonds is 5. The van der Waals surface area contributed by atoms with Crippen LogP contribution in [-0.2, 0) is 17.6 Å². The Morgan fingerprint density at radius 3 is 2.76 bits per heavy atom. The highest BCUT2D eigenvalue weighted by Gasteiger charge is 2.25. The number of anilines is 1. The van der Waals surface area contributed by atoms with Crippen LogP contribution in [0.25, 0.3) is 10.4 Å². The summed E-state index contributed by atoms with van der Waals surface area (Å²) in [5.41, 5.74) is 3.32. The number of fused-ring (bicyclic) bond motifs is 1. The molecule has 3 aromatic rings. The molecule has 1 aliphatic carbocycles. The lowest BCUT2D eigenvalue weighted by Crippen LogP contribution is -2.17. The van der Waals surface area contributed by atoms with Crippen molar-refractivity contribution in [3.8, 4) is 10.4 Å². The van der Waals surface area contributed by atoms with E-state index in [4.69, 9.17) is 4.74 Å². The molecule has 0 bridgehead atoms. The van der Waals surface area contributed by atoms with Crippen molar-refractivity contribution in [2.45, 2.75) is 33.1 Å². The average Bonchev–Trinajstić information content (AvgIpc) is 3.33. The van der Waals surface area contributed by atoms with Gasteiger partial charge in [-0.2, -0.15) is 0 Å². The van der Waals surface area contributed by atoms with Gasteiger partial charge in [0.2, 0.25) is 0 Å². The summed E-state index contributed by atoms with van der Waals surface area (Å²) in [4.78, 5) is 27.8. The summed E-state index contributed by atoms with van der Waals surface area (Å²) < 4.78 is 5.21. The number of carbonyl (C=O) groups excluding carboxylic acids is 2. The first-order chi connectivity index (χ1) is 14.1. The molecule has 29 heavy (non-hydrogen) atoms. The lowest BCUT2D eigenvalue weighted by atomic mass is 9.88. The van der Waals surface area contributed by atoms with Crippen molar-refractivity contribution >= 4 is 39.6 Å². The molecule has 0 fully saturated rings. The first-order valence-corrected chi connectivity index (χ1v) is 11.5. The molecule has 0 spiro atoms. The summed E-state index contributed by atoms with van der Waals surface area (Å²) in [5, 5.41) is 5.48. The fraction of sp³-hybridized carbons (Fsp3) is 0.304. The molecule has 0 aliphatic heterocycles. The van der Waals surface area contributed by atoms with Gasteiger partial charge in [0.25, 0.3) is 5.91 Å². The third-order valence-corrected chi connectivity index (χ3v) is 7.31. The van der Waals surface area contributed by atoms with E-state index in [0.29, 0.717) is 23.1 Å². The summed E-state index contributed by atoms with van der Waals surface area (Å²) in [5.74, 6) is 0.102. The molecule has 1 aromatic carbocycles. The van der Waals surface area contributed by atoms with Crippen molar-refractivity contribution in [3.63, 3.8) is 0 Å². The van der Waals surface area contributed by atoms with Crippen molar-refractivity contribution in [3.05, 3.63) is 63.3 Å². The molecule has 0 radical (unpaired) electrons. The third-order valence-electron chi connectivity index (χ3n) is 5.16. The molecule has 4 nitrogen and oxygen atoms in total. The Kier molecular flexibility index (Phi) is 5.83. The molecule has 0 unspecified atom stereocenters. The first-order valence-electron chi connectivity index (χ1n) is 9.83. The van der Waals surface area contributed by atoms with E-state index < -0.39 is 5.97 Å². The zero-order chi connectivity index (χ0) is 20.4. The van der Waals surface area contributed by atoms with Gasteiger partial charge in [-0.3, -0.25) is 4.79 Å². The van der Waals surface area contributed by atoms with E-state index in [0.717, 1.165) is 35.3 Å². The number of hydrogen-bond acceptors (Lipinski definition) is 5. The van der Waals surface area contributed by atoms with Gasteiger partial charge in [-0.25, -0.2) is 4.79 Å². The second-order valence-electron chi connectivity index (χ2n) is 7.29. The Morgan fingerprint density at radius 2 is 2.00 bits per heavy atom. The quantitative estimate of drug-likeness (QED) is 0.508. The van der Waals surface area contributed by atoms with E-state index in [1.807, 2.05) is 35.7 Å².